The van der Waals surface area contributed by atoms with Gasteiger partial charge in [-0.15, -0.1) is 11.3 Å². The van der Waals surface area contributed by atoms with Crippen LogP contribution in [-0.2, 0) is 16.6 Å². The largest absolute Gasteiger partial charge is 0.309 e. The molecule has 7 heteroatoms. The summed E-state index contributed by atoms with van der Waals surface area (Å²) in [6.07, 6.45) is 1.69. The highest BCUT2D eigenvalue weighted by Crippen LogP contribution is 2.17. The number of hydrogen-bond donors (Lipinski definition) is 1. The minimum atomic E-state index is -3.04. The Bertz CT molecular complexity index is 581. The van der Waals surface area contributed by atoms with E-state index in [0.29, 0.717) is 24.7 Å². The minimum Gasteiger partial charge on any atom is -0.309 e. The van der Waals surface area contributed by atoms with Crippen molar-refractivity contribution in [1.29, 1.82) is 5.26 Å². The summed E-state index contributed by atoms with van der Waals surface area (Å²) in [6, 6.07) is 4.37. The molecule has 5 nitrogen and oxygen atoms in total. The second kappa shape index (κ2) is 6.68. The zero-order valence-corrected chi connectivity index (χ0v) is 13.1. The lowest BCUT2D eigenvalue weighted by atomic mass is 10.1. The van der Waals surface area contributed by atoms with Gasteiger partial charge in [0.25, 0.3) is 0 Å². The summed E-state index contributed by atoms with van der Waals surface area (Å²) in [5.74, 6) is 0.178. The van der Waals surface area contributed by atoms with Crippen LogP contribution >= 0.6 is 11.3 Å². The van der Waals surface area contributed by atoms with Gasteiger partial charge in [-0.3, -0.25) is 0 Å². The van der Waals surface area contributed by atoms with E-state index in [1.165, 1.54) is 0 Å². The standard InChI is InChI=1S/C13H19N3O2S2/c1-2-20(17,18)16-5-3-12(4-6-16)15-9-13-7-11(8-14)10-19-13/h7,10,12,15H,2-6,9H2,1H3. The lowest BCUT2D eigenvalue weighted by molar-refractivity contribution is 0.289. The van der Waals surface area contributed by atoms with Crippen molar-refractivity contribution in [3.05, 3.63) is 21.9 Å². The van der Waals surface area contributed by atoms with Crippen molar-refractivity contribution in [2.45, 2.75) is 32.4 Å². The predicted octanol–water partition coefficient (Wildman–Crippen LogP) is 1.52. The van der Waals surface area contributed by atoms with Crippen molar-refractivity contribution < 1.29 is 8.42 Å². The average molecular weight is 313 g/mol. The molecule has 0 atom stereocenters. The molecule has 1 saturated heterocycles. The maximum Gasteiger partial charge on any atom is 0.213 e. The molecular weight excluding hydrogens is 294 g/mol. The molecule has 2 heterocycles. The first-order chi connectivity index (χ1) is 9.55. The summed E-state index contributed by atoms with van der Waals surface area (Å²) >= 11 is 1.58. The Labute approximate surface area is 124 Å². The number of nitriles is 1. The van der Waals surface area contributed by atoms with E-state index in [4.69, 9.17) is 5.26 Å². The molecule has 1 aliphatic heterocycles. The third kappa shape index (κ3) is 3.79. The predicted molar refractivity (Wildman–Crippen MR) is 79.9 cm³/mol. The molecule has 1 N–H and O–H groups in total. The Morgan fingerprint density at radius 3 is 2.75 bits per heavy atom. The van der Waals surface area contributed by atoms with Gasteiger partial charge in [-0.05, 0) is 25.8 Å². The van der Waals surface area contributed by atoms with Gasteiger partial charge in [0.05, 0.1) is 11.3 Å². The molecule has 0 spiro atoms. The van der Waals surface area contributed by atoms with Gasteiger partial charge >= 0.3 is 0 Å². The van der Waals surface area contributed by atoms with Crippen molar-refractivity contribution in [3.63, 3.8) is 0 Å². The molecule has 1 aromatic rings. The molecule has 1 fully saturated rings. The molecule has 0 bridgehead atoms. The van der Waals surface area contributed by atoms with Crippen molar-refractivity contribution in [2.24, 2.45) is 0 Å². The number of rotatable bonds is 5. The van der Waals surface area contributed by atoms with Gasteiger partial charge in [0.15, 0.2) is 0 Å². The second-order valence-electron chi connectivity index (χ2n) is 4.87. The number of nitrogens with zero attached hydrogens (tertiary/aromatic N) is 2. The molecule has 0 aromatic carbocycles. The van der Waals surface area contributed by atoms with Crippen molar-refractivity contribution >= 4 is 21.4 Å². The highest BCUT2D eigenvalue weighted by molar-refractivity contribution is 7.89. The normalized spacial score (nSPS) is 18.0. The molecule has 0 radical (unpaired) electrons. The fraction of sp³-hybridized carbons (Fsp3) is 0.615. The molecule has 2 rings (SSSR count). The van der Waals surface area contributed by atoms with Crippen molar-refractivity contribution in [2.75, 3.05) is 18.8 Å². The van der Waals surface area contributed by atoms with E-state index in [-0.39, 0.29) is 5.75 Å². The number of piperidine rings is 1. The first-order valence-electron chi connectivity index (χ1n) is 6.74. The van der Waals surface area contributed by atoms with Crippen LogP contribution < -0.4 is 5.32 Å². The molecule has 0 aliphatic carbocycles. The van der Waals surface area contributed by atoms with E-state index in [1.807, 2.05) is 11.4 Å². The fourth-order valence-electron chi connectivity index (χ4n) is 2.30. The van der Waals surface area contributed by atoms with E-state index < -0.39 is 10.0 Å². The molecule has 1 aromatic heterocycles. The Kier molecular flexibility index (Phi) is 5.16. The van der Waals surface area contributed by atoms with Crippen molar-refractivity contribution in [1.82, 2.24) is 9.62 Å². The van der Waals surface area contributed by atoms with E-state index in [1.54, 1.807) is 22.6 Å². The molecule has 20 heavy (non-hydrogen) atoms. The molecule has 0 amide bonds. The van der Waals surface area contributed by atoms with Crippen LogP contribution in [0.3, 0.4) is 0 Å². The highest BCUT2D eigenvalue weighted by Gasteiger charge is 2.26. The summed E-state index contributed by atoms with van der Waals surface area (Å²) in [5.41, 5.74) is 0.704. The molecule has 1 aliphatic rings. The average Bonchev–Trinajstić information content (AvgIpc) is 2.93. The van der Waals surface area contributed by atoms with Gasteiger partial charge in [-0.1, -0.05) is 0 Å². The molecule has 0 unspecified atom stereocenters. The van der Waals surface area contributed by atoms with Crippen LogP contribution in [0.4, 0.5) is 0 Å². The monoisotopic (exact) mass is 313 g/mol. The third-order valence-corrected chi connectivity index (χ3v) is 6.38. The lowest BCUT2D eigenvalue weighted by Gasteiger charge is -2.31. The van der Waals surface area contributed by atoms with Crippen LogP contribution in [0.5, 0.6) is 0 Å². The van der Waals surface area contributed by atoms with Crippen LogP contribution in [0.1, 0.15) is 30.2 Å². The Hall–Kier alpha value is -0.940. The smallest absolute Gasteiger partial charge is 0.213 e. The van der Waals surface area contributed by atoms with Gasteiger partial charge < -0.3 is 5.32 Å². The topological polar surface area (TPSA) is 73.2 Å². The summed E-state index contributed by atoms with van der Waals surface area (Å²) in [7, 11) is -3.04. The molecular formula is C13H19N3O2S2. The van der Waals surface area contributed by atoms with E-state index in [0.717, 1.165) is 24.3 Å². The Morgan fingerprint density at radius 1 is 1.50 bits per heavy atom. The fourth-order valence-corrected chi connectivity index (χ4v) is 4.19. The maximum absolute atomic E-state index is 11.8. The Morgan fingerprint density at radius 2 is 2.20 bits per heavy atom. The summed E-state index contributed by atoms with van der Waals surface area (Å²) in [4.78, 5) is 1.14. The van der Waals surface area contributed by atoms with Crippen LogP contribution in [-0.4, -0.2) is 37.6 Å². The highest BCUT2D eigenvalue weighted by atomic mass is 32.2. The van der Waals surface area contributed by atoms with Gasteiger partial charge in [-0.25, -0.2) is 12.7 Å². The van der Waals surface area contributed by atoms with Crippen LogP contribution in [0.25, 0.3) is 0 Å². The molecule has 110 valence electrons. The van der Waals surface area contributed by atoms with Crippen LogP contribution in [0.2, 0.25) is 0 Å². The second-order valence-corrected chi connectivity index (χ2v) is 8.12. The maximum atomic E-state index is 11.8. The Balaban J connectivity index is 1.79. The van der Waals surface area contributed by atoms with Gasteiger partial charge in [0, 0.05) is 35.9 Å². The lowest BCUT2D eigenvalue weighted by Crippen LogP contribution is -2.45. The van der Waals surface area contributed by atoms with E-state index >= 15 is 0 Å². The number of sulfonamides is 1. The first kappa shape index (κ1) is 15.4. The number of thiophene rings is 1. The van der Waals surface area contributed by atoms with Crippen LogP contribution in [0, 0.1) is 11.3 Å². The molecule has 0 saturated carbocycles. The van der Waals surface area contributed by atoms with E-state index in [2.05, 4.69) is 11.4 Å². The third-order valence-electron chi connectivity index (χ3n) is 3.56. The summed E-state index contributed by atoms with van der Waals surface area (Å²) in [6.45, 7) is 3.63. The summed E-state index contributed by atoms with van der Waals surface area (Å²) < 4.78 is 25.1. The quantitative estimate of drug-likeness (QED) is 0.894. The van der Waals surface area contributed by atoms with E-state index in [9.17, 15) is 8.42 Å². The SMILES string of the molecule is CCS(=O)(=O)N1CCC(NCc2cc(C#N)cs2)CC1. The minimum absolute atomic E-state index is 0.178. The van der Waals surface area contributed by atoms with Gasteiger partial charge in [0.1, 0.15) is 6.07 Å². The van der Waals surface area contributed by atoms with Crippen molar-refractivity contribution in [3.8, 4) is 6.07 Å². The number of nitrogens with one attached hydrogen (secondary N) is 1. The van der Waals surface area contributed by atoms with Crippen LogP contribution in [0.15, 0.2) is 11.4 Å². The zero-order valence-electron chi connectivity index (χ0n) is 11.5. The van der Waals surface area contributed by atoms with Gasteiger partial charge in [0.2, 0.25) is 10.0 Å². The number of hydrogen-bond acceptors (Lipinski definition) is 5. The first-order valence-corrected chi connectivity index (χ1v) is 9.22. The summed E-state index contributed by atoms with van der Waals surface area (Å²) in [5, 5.41) is 14.1. The van der Waals surface area contributed by atoms with Gasteiger partial charge in [-0.2, -0.15) is 5.26 Å². The zero-order chi connectivity index (χ0) is 14.6.